The first-order valence-corrected chi connectivity index (χ1v) is 3.65. The molecule has 0 unspecified atom stereocenters. The minimum atomic E-state index is -0.302. The maximum Gasteiger partial charge on any atom is 0.357 e. The maximum absolute atomic E-state index is 10.6. The molecular formula is C8H13NO2. The van der Waals surface area contributed by atoms with Crippen molar-refractivity contribution in [3.8, 4) is 0 Å². The summed E-state index contributed by atoms with van der Waals surface area (Å²) >= 11 is 0. The molecule has 1 rings (SSSR count). The SMILES string of the molecule is CC(C)(C)Cc1cc(=O)o[nH]1. The van der Waals surface area contributed by atoms with Crippen LogP contribution in [0.25, 0.3) is 0 Å². The molecule has 1 N–H and O–H groups in total. The third kappa shape index (κ3) is 2.62. The summed E-state index contributed by atoms with van der Waals surface area (Å²) in [7, 11) is 0. The van der Waals surface area contributed by atoms with E-state index in [0.717, 1.165) is 12.1 Å². The largest absolute Gasteiger partial charge is 0.357 e. The van der Waals surface area contributed by atoms with Gasteiger partial charge in [0.15, 0.2) is 0 Å². The molecule has 1 heterocycles. The van der Waals surface area contributed by atoms with Crippen LogP contribution in [0.1, 0.15) is 26.5 Å². The third-order valence-electron chi connectivity index (χ3n) is 1.30. The normalized spacial score (nSPS) is 11.9. The topological polar surface area (TPSA) is 46.0 Å². The predicted octanol–water partition coefficient (Wildman–Crippen LogP) is 1.56. The number of H-pyrrole nitrogens is 1. The van der Waals surface area contributed by atoms with Gasteiger partial charge in [-0.25, -0.2) is 9.95 Å². The maximum atomic E-state index is 10.6. The van der Waals surface area contributed by atoms with Crippen molar-refractivity contribution in [2.45, 2.75) is 27.2 Å². The molecule has 3 heteroatoms. The van der Waals surface area contributed by atoms with Crippen LogP contribution in [0.4, 0.5) is 0 Å². The van der Waals surface area contributed by atoms with Gasteiger partial charge in [-0.2, -0.15) is 0 Å². The molecule has 0 amide bonds. The monoisotopic (exact) mass is 155 g/mol. The van der Waals surface area contributed by atoms with E-state index >= 15 is 0 Å². The molecule has 0 aliphatic heterocycles. The van der Waals surface area contributed by atoms with Crippen LogP contribution in [0.3, 0.4) is 0 Å². The Hall–Kier alpha value is -0.990. The zero-order chi connectivity index (χ0) is 8.48. The molecular weight excluding hydrogens is 142 g/mol. The van der Waals surface area contributed by atoms with Gasteiger partial charge in [-0.05, 0) is 11.8 Å². The molecule has 0 saturated carbocycles. The second kappa shape index (κ2) is 2.57. The van der Waals surface area contributed by atoms with E-state index in [9.17, 15) is 4.79 Å². The average molecular weight is 155 g/mol. The van der Waals surface area contributed by atoms with Gasteiger partial charge >= 0.3 is 5.63 Å². The number of rotatable bonds is 1. The Balaban J connectivity index is 2.73. The predicted molar refractivity (Wildman–Crippen MR) is 42.5 cm³/mol. The third-order valence-corrected chi connectivity index (χ3v) is 1.30. The summed E-state index contributed by atoms with van der Waals surface area (Å²) in [5.74, 6) is 0. The standard InChI is InChI=1S/C8H13NO2/c1-8(2,3)5-6-4-7(10)11-9-6/h4,9H,5H2,1-3H3. The van der Waals surface area contributed by atoms with Gasteiger partial charge < -0.3 is 4.52 Å². The molecule has 0 aromatic carbocycles. The molecule has 0 aliphatic rings. The minimum absolute atomic E-state index is 0.187. The van der Waals surface area contributed by atoms with Crippen molar-refractivity contribution < 1.29 is 4.52 Å². The Morgan fingerprint density at radius 3 is 2.55 bits per heavy atom. The summed E-state index contributed by atoms with van der Waals surface area (Å²) in [6.45, 7) is 6.33. The van der Waals surface area contributed by atoms with Crippen molar-refractivity contribution in [3.05, 3.63) is 22.2 Å². The van der Waals surface area contributed by atoms with Crippen LogP contribution in [0.15, 0.2) is 15.4 Å². The molecule has 62 valence electrons. The lowest BCUT2D eigenvalue weighted by Crippen LogP contribution is -2.09. The van der Waals surface area contributed by atoms with Crippen LogP contribution in [0.5, 0.6) is 0 Å². The lowest BCUT2D eigenvalue weighted by molar-refractivity contribution is 0.358. The van der Waals surface area contributed by atoms with Gasteiger partial charge in [0.1, 0.15) is 0 Å². The fourth-order valence-electron chi connectivity index (χ4n) is 0.975. The molecule has 0 aliphatic carbocycles. The van der Waals surface area contributed by atoms with Gasteiger partial charge in [0.05, 0.1) is 5.69 Å². The molecule has 0 spiro atoms. The van der Waals surface area contributed by atoms with Crippen LogP contribution < -0.4 is 5.63 Å². The lowest BCUT2D eigenvalue weighted by atomic mass is 9.91. The lowest BCUT2D eigenvalue weighted by Gasteiger charge is -2.15. The van der Waals surface area contributed by atoms with E-state index in [1.54, 1.807) is 0 Å². The van der Waals surface area contributed by atoms with Crippen molar-refractivity contribution >= 4 is 0 Å². The second-order valence-electron chi connectivity index (χ2n) is 3.93. The van der Waals surface area contributed by atoms with Crippen molar-refractivity contribution in [2.24, 2.45) is 5.41 Å². The summed E-state index contributed by atoms with van der Waals surface area (Å²) in [4.78, 5) is 10.6. The second-order valence-corrected chi connectivity index (χ2v) is 3.93. The Morgan fingerprint density at radius 2 is 2.18 bits per heavy atom. The van der Waals surface area contributed by atoms with E-state index in [0.29, 0.717) is 0 Å². The number of aromatic nitrogens is 1. The molecule has 1 aromatic rings. The van der Waals surface area contributed by atoms with Crippen LogP contribution in [0, 0.1) is 5.41 Å². The summed E-state index contributed by atoms with van der Waals surface area (Å²) < 4.78 is 4.53. The minimum Gasteiger partial charge on any atom is -0.339 e. The van der Waals surface area contributed by atoms with Gasteiger partial charge in [-0.1, -0.05) is 20.8 Å². The highest BCUT2D eigenvalue weighted by Gasteiger charge is 2.12. The zero-order valence-corrected chi connectivity index (χ0v) is 7.10. The number of aromatic amines is 1. The highest BCUT2D eigenvalue weighted by molar-refractivity contribution is 4.98. The number of nitrogens with one attached hydrogen (secondary N) is 1. The fraction of sp³-hybridized carbons (Fsp3) is 0.625. The summed E-state index contributed by atoms with van der Waals surface area (Å²) in [5, 5.41) is 2.57. The summed E-state index contributed by atoms with van der Waals surface area (Å²) in [6, 6.07) is 1.49. The molecule has 3 nitrogen and oxygen atoms in total. The van der Waals surface area contributed by atoms with E-state index in [2.05, 4.69) is 30.5 Å². The van der Waals surface area contributed by atoms with Crippen molar-refractivity contribution in [1.29, 1.82) is 0 Å². The molecule has 1 aromatic heterocycles. The van der Waals surface area contributed by atoms with Gasteiger partial charge in [0.2, 0.25) is 0 Å². The van der Waals surface area contributed by atoms with E-state index in [1.807, 2.05) is 0 Å². The van der Waals surface area contributed by atoms with Crippen molar-refractivity contribution in [1.82, 2.24) is 5.16 Å². The molecule has 11 heavy (non-hydrogen) atoms. The first-order chi connectivity index (χ1) is 4.97. The average Bonchev–Trinajstić information content (AvgIpc) is 2.10. The Morgan fingerprint density at radius 1 is 1.55 bits per heavy atom. The Kier molecular flexibility index (Phi) is 1.89. The van der Waals surface area contributed by atoms with Gasteiger partial charge in [-0.15, -0.1) is 0 Å². The van der Waals surface area contributed by atoms with Crippen molar-refractivity contribution in [2.75, 3.05) is 0 Å². The number of hydrogen-bond acceptors (Lipinski definition) is 2. The van der Waals surface area contributed by atoms with E-state index in [1.165, 1.54) is 6.07 Å². The molecule has 0 radical (unpaired) electrons. The zero-order valence-electron chi connectivity index (χ0n) is 7.10. The Labute approximate surface area is 65.4 Å². The fourth-order valence-corrected chi connectivity index (χ4v) is 0.975. The quantitative estimate of drug-likeness (QED) is 0.668. The Bertz CT molecular complexity index is 277. The smallest absolute Gasteiger partial charge is 0.339 e. The highest BCUT2D eigenvalue weighted by Crippen LogP contribution is 2.18. The molecule has 0 fully saturated rings. The van der Waals surface area contributed by atoms with E-state index in [-0.39, 0.29) is 11.0 Å². The van der Waals surface area contributed by atoms with Crippen molar-refractivity contribution in [3.63, 3.8) is 0 Å². The van der Waals surface area contributed by atoms with E-state index in [4.69, 9.17) is 0 Å². The molecule has 0 saturated heterocycles. The van der Waals surface area contributed by atoms with Crippen LogP contribution in [-0.4, -0.2) is 5.16 Å². The van der Waals surface area contributed by atoms with Crippen LogP contribution in [-0.2, 0) is 6.42 Å². The first kappa shape index (κ1) is 8.11. The van der Waals surface area contributed by atoms with Gasteiger partial charge in [0, 0.05) is 6.07 Å². The van der Waals surface area contributed by atoms with Gasteiger partial charge in [0.25, 0.3) is 0 Å². The number of hydrogen-bond donors (Lipinski definition) is 1. The highest BCUT2D eigenvalue weighted by atomic mass is 16.5. The van der Waals surface area contributed by atoms with E-state index < -0.39 is 0 Å². The van der Waals surface area contributed by atoms with Gasteiger partial charge in [-0.3, -0.25) is 0 Å². The molecule has 0 bridgehead atoms. The van der Waals surface area contributed by atoms with Crippen LogP contribution >= 0.6 is 0 Å². The summed E-state index contributed by atoms with van der Waals surface area (Å²) in [6.07, 6.45) is 0.832. The molecule has 0 atom stereocenters. The van der Waals surface area contributed by atoms with Crippen LogP contribution in [0.2, 0.25) is 0 Å². The summed E-state index contributed by atoms with van der Waals surface area (Å²) in [5.41, 5.74) is 0.749. The first-order valence-electron chi connectivity index (χ1n) is 3.65.